The highest BCUT2D eigenvalue weighted by atomic mass is 35.5. The second-order valence-corrected chi connectivity index (χ2v) is 5.00. The van der Waals surface area contributed by atoms with Gasteiger partial charge in [0.15, 0.2) is 0 Å². The van der Waals surface area contributed by atoms with Crippen molar-refractivity contribution in [3.8, 4) is 0 Å². The van der Waals surface area contributed by atoms with Gasteiger partial charge in [-0.15, -0.1) is 12.4 Å². The highest BCUT2D eigenvalue weighted by molar-refractivity contribution is 5.86. The molecule has 6 heteroatoms. The summed E-state index contributed by atoms with van der Waals surface area (Å²) in [7, 11) is 0. The lowest BCUT2D eigenvalue weighted by Crippen LogP contribution is -2.40. The molecule has 2 unspecified atom stereocenters. The number of nitrogens with zero attached hydrogens (tertiary/aromatic N) is 1. The maximum absolute atomic E-state index is 11.7. The first kappa shape index (κ1) is 12.6. The minimum Gasteiger partial charge on any atom is -0.351 e. The summed E-state index contributed by atoms with van der Waals surface area (Å²) in [5.41, 5.74) is 0. The predicted octanol–water partition coefficient (Wildman–Crippen LogP) is -0.635. The molecule has 96 valence electrons. The molecule has 1 saturated carbocycles. The van der Waals surface area contributed by atoms with E-state index in [2.05, 4.69) is 10.6 Å². The number of likely N-dealkylation sites (tertiary alicyclic amines) is 1. The lowest BCUT2D eigenvalue weighted by Gasteiger charge is -2.15. The Labute approximate surface area is 107 Å². The molecule has 2 aliphatic heterocycles. The number of nitrogens with one attached hydrogen (secondary N) is 2. The molecule has 2 N–H and O–H groups in total. The van der Waals surface area contributed by atoms with Crippen LogP contribution in [-0.4, -0.2) is 48.9 Å². The van der Waals surface area contributed by atoms with Crippen molar-refractivity contribution in [2.75, 3.05) is 26.2 Å². The Morgan fingerprint density at radius 1 is 1.41 bits per heavy atom. The smallest absolute Gasteiger partial charge is 0.239 e. The second-order valence-electron chi connectivity index (χ2n) is 5.00. The molecule has 0 bridgehead atoms. The summed E-state index contributed by atoms with van der Waals surface area (Å²) in [6.07, 6.45) is 1.50. The van der Waals surface area contributed by atoms with E-state index in [1.807, 2.05) is 0 Å². The highest BCUT2D eigenvalue weighted by Crippen LogP contribution is 2.41. The van der Waals surface area contributed by atoms with Crippen molar-refractivity contribution in [3.63, 3.8) is 0 Å². The molecule has 2 amide bonds. The third-order valence-corrected chi connectivity index (χ3v) is 3.93. The molecule has 0 spiro atoms. The first-order valence-electron chi connectivity index (χ1n) is 6.03. The summed E-state index contributed by atoms with van der Waals surface area (Å²) in [5.74, 6) is 1.40. The molecule has 0 aromatic carbocycles. The van der Waals surface area contributed by atoms with E-state index in [9.17, 15) is 9.59 Å². The Bertz CT molecular complexity index is 327. The largest absolute Gasteiger partial charge is 0.351 e. The maximum atomic E-state index is 11.7. The van der Waals surface area contributed by atoms with Crippen LogP contribution in [0.1, 0.15) is 12.8 Å². The predicted molar refractivity (Wildman–Crippen MR) is 64.8 cm³/mol. The van der Waals surface area contributed by atoms with Crippen molar-refractivity contribution in [3.05, 3.63) is 0 Å². The number of piperidine rings is 1. The summed E-state index contributed by atoms with van der Waals surface area (Å²) in [4.78, 5) is 24.7. The second kappa shape index (κ2) is 4.82. The first-order chi connectivity index (χ1) is 7.75. The van der Waals surface area contributed by atoms with Gasteiger partial charge in [0.1, 0.15) is 0 Å². The maximum Gasteiger partial charge on any atom is 0.239 e. The fourth-order valence-electron chi connectivity index (χ4n) is 2.91. The van der Waals surface area contributed by atoms with Crippen LogP contribution >= 0.6 is 12.4 Å². The van der Waals surface area contributed by atoms with Crippen LogP contribution in [0, 0.1) is 11.8 Å². The van der Waals surface area contributed by atoms with Gasteiger partial charge in [0.05, 0.1) is 6.54 Å². The van der Waals surface area contributed by atoms with Crippen molar-refractivity contribution >= 4 is 24.2 Å². The Morgan fingerprint density at radius 2 is 2.12 bits per heavy atom. The van der Waals surface area contributed by atoms with Gasteiger partial charge in [0.25, 0.3) is 0 Å². The normalized spacial score (nSPS) is 34.2. The number of hydrogen-bond donors (Lipinski definition) is 2. The molecule has 2 atom stereocenters. The zero-order chi connectivity index (χ0) is 11.1. The van der Waals surface area contributed by atoms with E-state index in [1.165, 1.54) is 0 Å². The van der Waals surface area contributed by atoms with Crippen molar-refractivity contribution in [1.82, 2.24) is 15.5 Å². The number of rotatable bonds is 3. The molecular weight excluding hydrogens is 242 g/mol. The van der Waals surface area contributed by atoms with Gasteiger partial charge < -0.3 is 15.5 Å². The van der Waals surface area contributed by atoms with Crippen LogP contribution in [0.2, 0.25) is 0 Å². The van der Waals surface area contributed by atoms with Gasteiger partial charge in [-0.25, -0.2) is 0 Å². The van der Waals surface area contributed by atoms with Crippen molar-refractivity contribution < 1.29 is 9.59 Å². The van der Waals surface area contributed by atoms with Crippen LogP contribution in [0.4, 0.5) is 0 Å². The molecule has 0 aromatic rings. The van der Waals surface area contributed by atoms with Gasteiger partial charge in [-0.3, -0.25) is 9.59 Å². The molecule has 2 heterocycles. The first-order valence-corrected chi connectivity index (χ1v) is 6.03. The van der Waals surface area contributed by atoms with Gasteiger partial charge in [-0.1, -0.05) is 0 Å². The van der Waals surface area contributed by atoms with Crippen LogP contribution in [-0.2, 0) is 9.59 Å². The number of halogens is 1. The van der Waals surface area contributed by atoms with E-state index in [4.69, 9.17) is 0 Å². The van der Waals surface area contributed by atoms with Crippen molar-refractivity contribution in [2.24, 2.45) is 11.8 Å². The fraction of sp³-hybridized carbons (Fsp3) is 0.818. The Kier molecular flexibility index (Phi) is 3.58. The van der Waals surface area contributed by atoms with Gasteiger partial charge >= 0.3 is 0 Å². The zero-order valence-electron chi connectivity index (χ0n) is 9.65. The molecule has 1 aliphatic carbocycles. The van der Waals surface area contributed by atoms with Gasteiger partial charge in [-0.2, -0.15) is 0 Å². The minimum absolute atomic E-state index is 0. The molecular formula is C11H18ClN3O2. The zero-order valence-corrected chi connectivity index (χ0v) is 10.5. The van der Waals surface area contributed by atoms with E-state index in [0.29, 0.717) is 24.3 Å². The average Bonchev–Trinajstić information content (AvgIpc) is 2.69. The summed E-state index contributed by atoms with van der Waals surface area (Å²) in [5, 5.41) is 6.32. The minimum atomic E-state index is 0. The number of carbonyl (C=O) groups is 2. The number of fused-ring (bicyclic) bond motifs is 1. The summed E-state index contributed by atoms with van der Waals surface area (Å²) >= 11 is 0. The number of hydrogen-bond acceptors (Lipinski definition) is 3. The Morgan fingerprint density at radius 3 is 2.71 bits per heavy atom. The van der Waals surface area contributed by atoms with Crippen molar-refractivity contribution in [1.29, 1.82) is 0 Å². The average molecular weight is 260 g/mol. The van der Waals surface area contributed by atoms with E-state index in [1.54, 1.807) is 4.90 Å². The van der Waals surface area contributed by atoms with Crippen LogP contribution in [0.3, 0.4) is 0 Å². The third kappa shape index (κ3) is 2.40. The van der Waals surface area contributed by atoms with E-state index in [-0.39, 0.29) is 30.8 Å². The number of carbonyl (C=O) groups excluding carboxylic acids is 2. The summed E-state index contributed by atoms with van der Waals surface area (Å²) < 4.78 is 0. The molecule has 0 radical (unpaired) electrons. The lowest BCUT2D eigenvalue weighted by atomic mass is 10.4. The van der Waals surface area contributed by atoms with E-state index in [0.717, 1.165) is 26.1 Å². The highest BCUT2D eigenvalue weighted by Gasteiger charge is 2.53. The SMILES string of the molecule is Cl.O=C(CN1CCCC1=O)NC1C2CNCC21. The van der Waals surface area contributed by atoms with Crippen LogP contribution in [0.25, 0.3) is 0 Å². The Hall–Kier alpha value is -0.810. The van der Waals surface area contributed by atoms with E-state index >= 15 is 0 Å². The summed E-state index contributed by atoms with van der Waals surface area (Å²) in [6.45, 7) is 3.05. The van der Waals surface area contributed by atoms with E-state index < -0.39 is 0 Å². The molecule has 3 rings (SSSR count). The van der Waals surface area contributed by atoms with Gasteiger partial charge in [-0.05, 0) is 18.3 Å². The standard InChI is InChI=1S/C11H17N3O2.ClH/c15-9(6-14-3-1-2-10(14)16)13-11-7-4-12-5-8(7)11;/h7-8,11-12H,1-6H2,(H,13,15);1H. The monoisotopic (exact) mass is 259 g/mol. The third-order valence-electron chi connectivity index (χ3n) is 3.93. The number of amides is 2. The Balaban J connectivity index is 0.00000108. The van der Waals surface area contributed by atoms with Crippen LogP contribution < -0.4 is 10.6 Å². The fourth-order valence-corrected chi connectivity index (χ4v) is 2.91. The van der Waals surface area contributed by atoms with Gasteiger partial charge in [0.2, 0.25) is 11.8 Å². The molecule has 3 aliphatic rings. The van der Waals surface area contributed by atoms with Crippen molar-refractivity contribution in [2.45, 2.75) is 18.9 Å². The molecule has 17 heavy (non-hydrogen) atoms. The summed E-state index contributed by atoms with van der Waals surface area (Å²) in [6, 6.07) is 0.367. The van der Waals surface area contributed by atoms with Gasteiger partial charge in [0, 0.05) is 32.1 Å². The molecule has 2 saturated heterocycles. The molecule has 3 fully saturated rings. The quantitative estimate of drug-likeness (QED) is 0.709. The topological polar surface area (TPSA) is 61.4 Å². The molecule has 5 nitrogen and oxygen atoms in total. The molecule has 0 aromatic heterocycles. The lowest BCUT2D eigenvalue weighted by molar-refractivity contribution is -0.133. The van der Waals surface area contributed by atoms with Crippen LogP contribution in [0.15, 0.2) is 0 Å². The van der Waals surface area contributed by atoms with Crippen LogP contribution in [0.5, 0.6) is 0 Å².